The number of fused-ring (bicyclic) bond motifs is 1. The summed E-state index contributed by atoms with van der Waals surface area (Å²) in [5.41, 5.74) is 0. The topological polar surface area (TPSA) is 39.7 Å². The lowest BCUT2D eigenvalue weighted by Gasteiger charge is -2.36. The van der Waals surface area contributed by atoms with Crippen molar-refractivity contribution in [1.29, 1.82) is 0 Å². The summed E-state index contributed by atoms with van der Waals surface area (Å²) in [5, 5.41) is 1.25. The van der Waals surface area contributed by atoms with Gasteiger partial charge in [-0.25, -0.2) is 0 Å². The maximum absolute atomic E-state index is 12.4. The van der Waals surface area contributed by atoms with E-state index in [2.05, 4.69) is 38.4 Å². The van der Waals surface area contributed by atoms with Gasteiger partial charge in [-0.15, -0.1) is 0 Å². The predicted octanol–water partition coefficient (Wildman–Crippen LogP) is 2.43. The van der Waals surface area contributed by atoms with E-state index >= 15 is 0 Å². The summed E-state index contributed by atoms with van der Waals surface area (Å²) in [6.45, 7) is 6.23. The summed E-state index contributed by atoms with van der Waals surface area (Å²) in [4.78, 5) is 19.1. The van der Waals surface area contributed by atoms with E-state index in [1.807, 2.05) is 4.90 Å². The number of aromatic nitrogens is 1. The van der Waals surface area contributed by atoms with Crippen molar-refractivity contribution in [2.45, 2.75) is 19.3 Å². The van der Waals surface area contributed by atoms with Crippen molar-refractivity contribution >= 4 is 33.3 Å². The molecule has 1 aromatic carbocycles. The largest absolute Gasteiger partial charge is 0.353 e. The fraction of sp³-hybridized carbons (Fsp3) is 0.556. The van der Waals surface area contributed by atoms with Crippen molar-refractivity contribution in [2.75, 3.05) is 50.7 Å². The maximum atomic E-state index is 12.4. The molecule has 128 valence electrons. The van der Waals surface area contributed by atoms with Crippen LogP contribution in [-0.2, 0) is 4.79 Å². The minimum absolute atomic E-state index is 0.308. The zero-order valence-electron chi connectivity index (χ0n) is 14.0. The number of nitrogens with zero attached hydrogens (tertiary/aromatic N) is 4. The molecule has 2 aromatic rings. The Bertz CT molecular complexity index is 702. The number of hydrogen-bond acceptors (Lipinski definition) is 5. The summed E-state index contributed by atoms with van der Waals surface area (Å²) in [5.74, 6) is 1.42. The van der Waals surface area contributed by atoms with Crippen LogP contribution in [0.4, 0.5) is 5.82 Å². The third-order valence-electron chi connectivity index (χ3n) is 5.10. The van der Waals surface area contributed by atoms with Crippen molar-refractivity contribution in [3.05, 3.63) is 24.3 Å². The molecule has 0 saturated carbocycles. The second kappa shape index (κ2) is 7.07. The molecule has 0 N–H and O–H groups in total. The number of benzene rings is 1. The summed E-state index contributed by atoms with van der Waals surface area (Å²) in [6.07, 6.45) is 3.59. The highest BCUT2D eigenvalue weighted by molar-refractivity contribution is 7.13. The molecule has 2 aliphatic heterocycles. The van der Waals surface area contributed by atoms with Crippen molar-refractivity contribution in [3.8, 4) is 0 Å². The molecule has 1 amide bonds. The van der Waals surface area contributed by atoms with E-state index in [1.54, 1.807) is 11.5 Å². The zero-order chi connectivity index (χ0) is 16.4. The molecular formula is C18H24N4OS. The van der Waals surface area contributed by atoms with Gasteiger partial charge in [0.05, 0.1) is 11.2 Å². The number of likely N-dealkylation sites (tertiary alicyclic amines) is 1. The van der Waals surface area contributed by atoms with Gasteiger partial charge in [0.2, 0.25) is 5.91 Å². The average molecular weight is 344 g/mol. The monoisotopic (exact) mass is 344 g/mol. The average Bonchev–Trinajstić information content (AvgIpc) is 3.07. The Labute approximate surface area is 147 Å². The fourth-order valence-corrected chi connectivity index (χ4v) is 4.45. The van der Waals surface area contributed by atoms with E-state index in [0.717, 1.165) is 57.9 Å². The lowest BCUT2D eigenvalue weighted by Crippen LogP contribution is -2.50. The van der Waals surface area contributed by atoms with E-state index in [0.29, 0.717) is 12.5 Å². The number of anilines is 1. The van der Waals surface area contributed by atoms with E-state index in [4.69, 9.17) is 0 Å². The molecule has 0 aliphatic carbocycles. The van der Waals surface area contributed by atoms with Gasteiger partial charge in [-0.05, 0) is 42.9 Å². The van der Waals surface area contributed by atoms with Gasteiger partial charge < -0.3 is 9.80 Å². The molecule has 5 nitrogen and oxygen atoms in total. The van der Waals surface area contributed by atoms with Gasteiger partial charge in [0.1, 0.15) is 5.82 Å². The molecule has 0 atom stereocenters. The fourth-order valence-electron chi connectivity index (χ4n) is 3.65. The first-order valence-corrected chi connectivity index (χ1v) is 9.68. The number of carbonyl (C=O) groups is 1. The van der Waals surface area contributed by atoms with Crippen LogP contribution in [0.1, 0.15) is 19.3 Å². The molecular weight excluding hydrogens is 320 g/mol. The molecule has 2 fully saturated rings. The van der Waals surface area contributed by atoms with E-state index in [-0.39, 0.29) is 0 Å². The third-order valence-corrected chi connectivity index (χ3v) is 5.91. The second-order valence-corrected chi connectivity index (χ2v) is 7.51. The van der Waals surface area contributed by atoms with Crippen molar-refractivity contribution in [3.63, 3.8) is 0 Å². The molecule has 2 saturated heterocycles. The summed E-state index contributed by atoms with van der Waals surface area (Å²) in [7, 11) is 0. The molecule has 2 aliphatic rings. The zero-order valence-corrected chi connectivity index (χ0v) is 14.8. The molecule has 24 heavy (non-hydrogen) atoms. The quantitative estimate of drug-likeness (QED) is 0.857. The maximum Gasteiger partial charge on any atom is 0.236 e. The number of rotatable bonds is 3. The molecule has 0 radical (unpaired) electrons. The van der Waals surface area contributed by atoms with Crippen LogP contribution in [-0.4, -0.2) is 65.9 Å². The summed E-state index contributed by atoms with van der Waals surface area (Å²) in [6, 6.07) is 8.42. The Kier molecular flexibility index (Phi) is 4.67. The molecule has 0 unspecified atom stereocenters. The number of hydrogen-bond donors (Lipinski definition) is 0. The summed E-state index contributed by atoms with van der Waals surface area (Å²) < 4.78 is 5.90. The van der Waals surface area contributed by atoms with Gasteiger partial charge in [0.15, 0.2) is 0 Å². The SMILES string of the molecule is O=C(CN1CCN(c2nsc3ccccc23)CC1)N1CCCCC1. The van der Waals surface area contributed by atoms with Crippen LogP contribution in [0.25, 0.3) is 10.1 Å². The molecule has 3 heterocycles. The standard InChI is InChI=1S/C18H24N4OS/c23-17(21-8-4-1-5-9-21)14-20-10-12-22(13-11-20)18-15-6-2-3-7-16(15)24-19-18/h2-3,6-7H,1,4-5,8-14H2. The van der Waals surface area contributed by atoms with E-state index < -0.39 is 0 Å². The number of carbonyl (C=O) groups excluding carboxylic acids is 1. The van der Waals surface area contributed by atoms with Crippen LogP contribution in [0.5, 0.6) is 0 Å². The Hall–Kier alpha value is -1.66. The van der Waals surface area contributed by atoms with Crippen molar-refractivity contribution in [2.24, 2.45) is 0 Å². The van der Waals surface area contributed by atoms with E-state index in [9.17, 15) is 4.79 Å². The molecule has 0 spiro atoms. The minimum atomic E-state index is 0.308. The Morgan fingerprint density at radius 1 is 1.00 bits per heavy atom. The van der Waals surface area contributed by atoms with Crippen LogP contribution in [0.3, 0.4) is 0 Å². The van der Waals surface area contributed by atoms with Gasteiger partial charge in [-0.1, -0.05) is 12.1 Å². The summed E-state index contributed by atoms with van der Waals surface area (Å²) >= 11 is 1.57. The lowest BCUT2D eigenvalue weighted by atomic mass is 10.1. The first-order chi connectivity index (χ1) is 11.8. The Morgan fingerprint density at radius 2 is 1.75 bits per heavy atom. The highest BCUT2D eigenvalue weighted by atomic mass is 32.1. The highest BCUT2D eigenvalue weighted by Crippen LogP contribution is 2.29. The van der Waals surface area contributed by atoms with Crippen molar-refractivity contribution in [1.82, 2.24) is 14.2 Å². The van der Waals surface area contributed by atoms with Gasteiger partial charge in [-0.3, -0.25) is 9.69 Å². The minimum Gasteiger partial charge on any atom is -0.353 e. The molecule has 1 aromatic heterocycles. The smallest absolute Gasteiger partial charge is 0.236 e. The molecule has 6 heteroatoms. The second-order valence-electron chi connectivity index (χ2n) is 6.71. The predicted molar refractivity (Wildman–Crippen MR) is 98.7 cm³/mol. The third kappa shape index (κ3) is 3.26. The Balaban J connectivity index is 1.34. The van der Waals surface area contributed by atoms with Crippen LogP contribution >= 0.6 is 11.5 Å². The first-order valence-electron chi connectivity index (χ1n) is 8.91. The van der Waals surface area contributed by atoms with Crippen molar-refractivity contribution < 1.29 is 4.79 Å². The van der Waals surface area contributed by atoms with Crippen LogP contribution < -0.4 is 4.90 Å². The van der Waals surface area contributed by atoms with E-state index in [1.165, 1.54) is 16.5 Å². The first kappa shape index (κ1) is 15.8. The van der Waals surface area contributed by atoms with Gasteiger partial charge in [-0.2, -0.15) is 4.37 Å². The van der Waals surface area contributed by atoms with Crippen LogP contribution in [0.2, 0.25) is 0 Å². The number of piperazine rings is 1. The van der Waals surface area contributed by atoms with Gasteiger partial charge >= 0.3 is 0 Å². The van der Waals surface area contributed by atoms with Gasteiger partial charge in [0.25, 0.3) is 0 Å². The lowest BCUT2D eigenvalue weighted by molar-refractivity contribution is -0.133. The molecule has 4 rings (SSSR count). The molecule has 0 bridgehead atoms. The normalized spacial score (nSPS) is 19.8. The number of amides is 1. The highest BCUT2D eigenvalue weighted by Gasteiger charge is 2.24. The van der Waals surface area contributed by atoms with Gasteiger partial charge in [0, 0.05) is 44.7 Å². The van der Waals surface area contributed by atoms with Crippen LogP contribution in [0, 0.1) is 0 Å². The number of piperidine rings is 1. The Morgan fingerprint density at radius 3 is 2.54 bits per heavy atom. The van der Waals surface area contributed by atoms with Crippen LogP contribution in [0.15, 0.2) is 24.3 Å².